The van der Waals surface area contributed by atoms with Crippen LogP contribution in [0.15, 0.2) is 67.3 Å². The normalized spacial score (nSPS) is 14.2. The predicted octanol–water partition coefficient (Wildman–Crippen LogP) is 4.04. The number of aromatic nitrogens is 5. The third-order valence-corrected chi connectivity index (χ3v) is 6.13. The molecule has 0 saturated carbocycles. The molecule has 9 nitrogen and oxygen atoms in total. The van der Waals surface area contributed by atoms with Crippen molar-refractivity contribution in [1.29, 1.82) is 0 Å². The number of morpholine rings is 1. The zero-order valence-electron chi connectivity index (χ0n) is 19.3. The van der Waals surface area contributed by atoms with Gasteiger partial charge < -0.3 is 14.7 Å². The number of para-hydroxylation sites is 1. The first-order chi connectivity index (χ1) is 17.7. The maximum atomic E-state index is 11.5. The van der Waals surface area contributed by atoms with Crippen molar-refractivity contribution in [3.05, 3.63) is 84.2 Å². The fraction of sp³-hybridized carbons (Fsp3) is 0.148. The smallest absolute Gasteiger partial charge is 0.337 e. The Hall–Kier alpha value is -4.63. The Morgan fingerprint density at radius 2 is 1.81 bits per heavy atom. The lowest BCUT2D eigenvalue weighted by Crippen LogP contribution is -2.37. The second kappa shape index (κ2) is 9.20. The molecule has 178 valence electrons. The molecule has 1 fully saturated rings. The number of imidazole rings is 1. The number of benzene rings is 1. The fourth-order valence-corrected chi connectivity index (χ4v) is 4.32. The summed E-state index contributed by atoms with van der Waals surface area (Å²) in [5.74, 6) is -0.275. The van der Waals surface area contributed by atoms with Gasteiger partial charge in [0.25, 0.3) is 0 Å². The average Bonchev–Trinajstić information content (AvgIpc) is 3.36. The highest BCUT2D eigenvalue weighted by atomic mass is 16.5. The van der Waals surface area contributed by atoms with Gasteiger partial charge in [-0.05, 0) is 30.4 Å². The molecule has 1 aliphatic heterocycles. The van der Waals surface area contributed by atoms with Gasteiger partial charge in [0.05, 0.1) is 47.6 Å². The minimum atomic E-state index is -1.03. The average molecular weight is 479 g/mol. The molecule has 0 atom stereocenters. The lowest BCUT2D eigenvalue weighted by atomic mass is 10.1. The molecule has 0 unspecified atom stereocenters. The highest BCUT2D eigenvalue weighted by Gasteiger charge is 2.20. The summed E-state index contributed by atoms with van der Waals surface area (Å²) >= 11 is 0. The number of hydrogen-bond donors (Lipinski definition) is 1. The molecule has 0 radical (unpaired) electrons. The largest absolute Gasteiger partial charge is 0.478 e. The Morgan fingerprint density at radius 1 is 0.972 bits per heavy atom. The van der Waals surface area contributed by atoms with Crippen LogP contribution in [0.3, 0.4) is 0 Å². The van der Waals surface area contributed by atoms with E-state index in [-0.39, 0.29) is 5.56 Å². The number of rotatable bonds is 5. The number of pyridine rings is 2. The molecule has 5 heterocycles. The SMILES string of the molecule is O=C(O)c1cncc(-c2cnc(N3CCOCC3)c3nc(/C=C/c4ccc5ccccc5n4)cn23)c1. The van der Waals surface area contributed by atoms with E-state index in [9.17, 15) is 9.90 Å². The number of carboxylic acid groups (broad SMARTS) is 1. The first kappa shape index (κ1) is 21.9. The lowest BCUT2D eigenvalue weighted by molar-refractivity contribution is 0.0696. The van der Waals surface area contributed by atoms with Gasteiger partial charge in [-0.1, -0.05) is 24.3 Å². The van der Waals surface area contributed by atoms with E-state index in [1.54, 1.807) is 18.5 Å². The molecule has 0 bridgehead atoms. The molecule has 6 rings (SSSR count). The van der Waals surface area contributed by atoms with Gasteiger partial charge >= 0.3 is 5.97 Å². The van der Waals surface area contributed by atoms with Crippen LogP contribution >= 0.6 is 0 Å². The zero-order valence-corrected chi connectivity index (χ0v) is 19.3. The maximum Gasteiger partial charge on any atom is 0.337 e. The van der Waals surface area contributed by atoms with Crippen molar-refractivity contribution < 1.29 is 14.6 Å². The summed E-state index contributed by atoms with van der Waals surface area (Å²) in [6.45, 7) is 2.69. The van der Waals surface area contributed by atoms with E-state index < -0.39 is 5.97 Å². The fourth-order valence-electron chi connectivity index (χ4n) is 4.32. The number of carboxylic acids is 1. The standard InChI is InChI=1S/C27H22N6O3/c34-27(35)20-13-19(14-28-15-20)24-16-29-25(32-9-11-36-12-10-32)26-31-22(17-33(24)26)8-7-21-6-5-18-3-1-2-4-23(18)30-21/h1-8,13-17H,9-12H2,(H,34,35)/b8-7+. The van der Waals surface area contributed by atoms with Crippen molar-refractivity contribution in [3.63, 3.8) is 0 Å². The number of aromatic carboxylic acids is 1. The summed E-state index contributed by atoms with van der Waals surface area (Å²) in [6, 6.07) is 13.6. The minimum Gasteiger partial charge on any atom is -0.478 e. The molecule has 36 heavy (non-hydrogen) atoms. The third-order valence-electron chi connectivity index (χ3n) is 6.13. The molecule has 0 spiro atoms. The summed E-state index contributed by atoms with van der Waals surface area (Å²) in [4.78, 5) is 32.1. The van der Waals surface area contributed by atoms with E-state index in [1.807, 2.05) is 59.1 Å². The minimum absolute atomic E-state index is 0.112. The summed E-state index contributed by atoms with van der Waals surface area (Å²) in [5.41, 5.74) is 4.63. The molecular weight excluding hydrogens is 456 g/mol. The van der Waals surface area contributed by atoms with Crippen molar-refractivity contribution >= 4 is 40.5 Å². The number of carbonyl (C=O) groups is 1. The number of hydrogen-bond acceptors (Lipinski definition) is 7. The van der Waals surface area contributed by atoms with Gasteiger partial charge in [-0.2, -0.15) is 0 Å². The molecule has 0 amide bonds. The summed E-state index contributed by atoms with van der Waals surface area (Å²) < 4.78 is 7.44. The van der Waals surface area contributed by atoms with Crippen LogP contribution in [0.2, 0.25) is 0 Å². The molecular formula is C27H22N6O3. The Balaban J connectivity index is 1.44. The van der Waals surface area contributed by atoms with Gasteiger partial charge in [0, 0.05) is 42.6 Å². The van der Waals surface area contributed by atoms with Crippen LogP contribution in [0.4, 0.5) is 5.82 Å². The van der Waals surface area contributed by atoms with Crippen molar-refractivity contribution in [1.82, 2.24) is 24.3 Å². The van der Waals surface area contributed by atoms with Crippen LogP contribution in [-0.2, 0) is 4.74 Å². The van der Waals surface area contributed by atoms with E-state index in [0.29, 0.717) is 30.1 Å². The van der Waals surface area contributed by atoms with Crippen molar-refractivity contribution in [2.75, 3.05) is 31.2 Å². The van der Waals surface area contributed by atoms with Crippen LogP contribution in [0, 0.1) is 0 Å². The van der Waals surface area contributed by atoms with Crippen molar-refractivity contribution in [3.8, 4) is 11.3 Å². The summed E-state index contributed by atoms with van der Waals surface area (Å²) in [5, 5.41) is 10.5. The second-order valence-electron chi connectivity index (χ2n) is 8.46. The van der Waals surface area contributed by atoms with Crippen LogP contribution in [-0.4, -0.2) is 61.7 Å². The number of anilines is 1. The summed E-state index contributed by atoms with van der Waals surface area (Å²) in [7, 11) is 0. The van der Waals surface area contributed by atoms with Crippen LogP contribution in [0.5, 0.6) is 0 Å². The highest BCUT2D eigenvalue weighted by Crippen LogP contribution is 2.27. The van der Waals surface area contributed by atoms with E-state index >= 15 is 0 Å². The van der Waals surface area contributed by atoms with E-state index in [2.05, 4.69) is 9.88 Å². The monoisotopic (exact) mass is 478 g/mol. The van der Waals surface area contributed by atoms with Gasteiger partial charge in [0.1, 0.15) is 0 Å². The van der Waals surface area contributed by atoms with Gasteiger partial charge in [0.15, 0.2) is 11.5 Å². The molecule has 1 N–H and O–H groups in total. The predicted molar refractivity (Wildman–Crippen MR) is 137 cm³/mol. The Bertz CT molecular complexity index is 1620. The van der Waals surface area contributed by atoms with E-state index in [4.69, 9.17) is 19.7 Å². The van der Waals surface area contributed by atoms with Gasteiger partial charge in [-0.15, -0.1) is 0 Å². The molecule has 1 aliphatic rings. The molecule has 4 aromatic heterocycles. The molecule has 0 aliphatic carbocycles. The van der Waals surface area contributed by atoms with E-state index in [0.717, 1.165) is 41.2 Å². The highest BCUT2D eigenvalue weighted by molar-refractivity contribution is 5.89. The molecule has 5 aromatic rings. The lowest BCUT2D eigenvalue weighted by Gasteiger charge is -2.28. The molecule has 1 aromatic carbocycles. The number of ether oxygens (including phenoxy) is 1. The van der Waals surface area contributed by atoms with Gasteiger partial charge in [-0.3, -0.25) is 9.38 Å². The third kappa shape index (κ3) is 4.16. The Morgan fingerprint density at radius 3 is 2.67 bits per heavy atom. The van der Waals surface area contributed by atoms with Gasteiger partial charge in [0.2, 0.25) is 0 Å². The quantitative estimate of drug-likeness (QED) is 0.403. The molecule has 1 saturated heterocycles. The first-order valence-electron chi connectivity index (χ1n) is 11.6. The maximum absolute atomic E-state index is 11.5. The Kier molecular flexibility index (Phi) is 5.59. The molecule has 9 heteroatoms. The summed E-state index contributed by atoms with van der Waals surface area (Å²) in [6.07, 6.45) is 10.5. The van der Waals surface area contributed by atoms with Crippen LogP contribution in [0.25, 0.3) is 40.0 Å². The van der Waals surface area contributed by atoms with Crippen molar-refractivity contribution in [2.45, 2.75) is 0 Å². The zero-order chi connectivity index (χ0) is 24.5. The van der Waals surface area contributed by atoms with Crippen LogP contribution < -0.4 is 4.90 Å². The first-order valence-corrected chi connectivity index (χ1v) is 11.6. The van der Waals surface area contributed by atoms with E-state index in [1.165, 1.54) is 6.20 Å². The van der Waals surface area contributed by atoms with Crippen LogP contribution in [0.1, 0.15) is 21.7 Å². The Labute approximate surface area is 206 Å². The van der Waals surface area contributed by atoms with Gasteiger partial charge in [-0.25, -0.2) is 19.7 Å². The second-order valence-corrected chi connectivity index (χ2v) is 8.46. The topological polar surface area (TPSA) is 106 Å². The number of fused-ring (bicyclic) bond motifs is 2. The number of nitrogens with zero attached hydrogens (tertiary/aromatic N) is 6. The van der Waals surface area contributed by atoms with Crippen molar-refractivity contribution in [2.24, 2.45) is 0 Å².